The van der Waals surface area contributed by atoms with Crippen LogP contribution < -0.4 is 0 Å². The zero-order valence-electron chi connectivity index (χ0n) is 11.3. The summed E-state index contributed by atoms with van der Waals surface area (Å²) in [6.45, 7) is 1.54. The lowest BCUT2D eigenvalue weighted by Gasteiger charge is -2.14. The maximum atomic E-state index is 13.2. The molecule has 2 aromatic rings. The molecule has 3 heteroatoms. The fourth-order valence-electron chi connectivity index (χ4n) is 2.21. The van der Waals surface area contributed by atoms with Crippen LogP contribution in [0.4, 0.5) is 8.78 Å². The number of carbonyl (C=O) groups excluding carboxylic acids is 1. The summed E-state index contributed by atoms with van der Waals surface area (Å²) in [5.74, 6) is -0.759. The molecule has 0 fully saturated rings. The standard InChI is InChI=1S/C17H16F2O/c1-12(20)15(9-13-5-7-16(18)8-6-13)10-14-3-2-4-17(19)11-14/h2-8,11,15H,9-10H2,1H3. The van der Waals surface area contributed by atoms with Crippen molar-refractivity contribution in [1.29, 1.82) is 0 Å². The summed E-state index contributed by atoms with van der Waals surface area (Å²) in [5, 5.41) is 0. The predicted molar refractivity (Wildman–Crippen MR) is 74.4 cm³/mol. The van der Waals surface area contributed by atoms with Gasteiger partial charge >= 0.3 is 0 Å². The first kappa shape index (κ1) is 14.4. The van der Waals surface area contributed by atoms with Crippen molar-refractivity contribution in [3.63, 3.8) is 0 Å². The van der Waals surface area contributed by atoms with E-state index in [1.807, 2.05) is 6.07 Å². The minimum Gasteiger partial charge on any atom is -0.300 e. The molecule has 104 valence electrons. The Kier molecular flexibility index (Phi) is 4.61. The van der Waals surface area contributed by atoms with Crippen molar-refractivity contribution in [1.82, 2.24) is 0 Å². The van der Waals surface area contributed by atoms with Crippen molar-refractivity contribution < 1.29 is 13.6 Å². The Hall–Kier alpha value is -2.03. The third kappa shape index (κ3) is 3.98. The highest BCUT2D eigenvalue weighted by molar-refractivity contribution is 5.78. The second kappa shape index (κ2) is 6.42. The number of carbonyl (C=O) groups is 1. The Morgan fingerprint density at radius 1 is 0.950 bits per heavy atom. The van der Waals surface area contributed by atoms with E-state index in [4.69, 9.17) is 0 Å². The van der Waals surface area contributed by atoms with Crippen molar-refractivity contribution in [3.8, 4) is 0 Å². The van der Waals surface area contributed by atoms with E-state index in [9.17, 15) is 13.6 Å². The number of halogens is 2. The summed E-state index contributed by atoms with van der Waals surface area (Å²) < 4.78 is 26.0. The highest BCUT2D eigenvalue weighted by Crippen LogP contribution is 2.17. The maximum Gasteiger partial charge on any atom is 0.133 e. The largest absolute Gasteiger partial charge is 0.300 e. The summed E-state index contributed by atoms with van der Waals surface area (Å²) in [6.07, 6.45) is 1.02. The first-order valence-corrected chi connectivity index (χ1v) is 6.54. The molecule has 2 rings (SSSR count). The lowest BCUT2D eigenvalue weighted by molar-refractivity contribution is -0.120. The molecule has 0 N–H and O–H groups in total. The molecule has 20 heavy (non-hydrogen) atoms. The number of rotatable bonds is 5. The third-order valence-electron chi connectivity index (χ3n) is 3.34. The van der Waals surface area contributed by atoms with Crippen LogP contribution >= 0.6 is 0 Å². The summed E-state index contributed by atoms with van der Waals surface area (Å²) in [7, 11) is 0. The molecule has 0 saturated carbocycles. The highest BCUT2D eigenvalue weighted by atomic mass is 19.1. The monoisotopic (exact) mass is 274 g/mol. The van der Waals surface area contributed by atoms with E-state index in [2.05, 4.69) is 0 Å². The Balaban J connectivity index is 2.11. The topological polar surface area (TPSA) is 17.1 Å². The van der Waals surface area contributed by atoms with E-state index in [-0.39, 0.29) is 23.3 Å². The van der Waals surface area contributed by atoms with Gasteiger partial charge in [-0.1, -0.05) is 24.3 Å². The summed E-state index contributed by atoms with van der Waals surface area (Å²) in [4.78, 5) is 11.7. The molecule has 0 aliphatic carbocycles. The Bertz CT molecular complexity index is 590. The van der Waals surface area contributed by atoms with Crippen LogP contribution in [0, 0.1) is 17.6 Å². The molecular formula is C17H16F2O. The summed E-state index contributed by atoms with van der Waals surface area (Å²) in [6, 6.07) is 12.4. The summed E-state index contributed by atoms with van der Waals surface area (Å²) >= 11 is 0. The second-order valence-electron chi connectivity index (χ2n) is 4.97. The zero-order chi connectivity index (χ0) is 14.5. The van der Waals surface area contributed by atoms with Gasteiger partial charge < -0.3 is 0 Å². The lowest BCUT2D eigenvalue weighted by atomic mass is 9.90. The van der Waals surface area contributed by atoms with Crippen LogP contribution in [0.5, 0.6) is 0 Å². The van der Waals surface area contributed by atoms with Crippen molar-refractivity contribution >= 4 is 5.78 Å². The number of hydrogen-bond donors (Lipinski definition) is 0. The molecule has 0 aliphatic heterocycles. The Labute approximate surface area is 117 Å². The van der Waals surface area contributed by atoms with Crippen LogP contribution in [0.1, 0.15) is 18.1 Å². The number of Topliss-reactive ketones (excluding diaryl/α,β-unsaturated/α-hetero) is 1. The van der Waals surface area contributed by atoms with Crippen LogP contribution in [0.2, 0.25) is 0 Å². The molecule has 0 radical (unpaired) electrons. The third-order valence-corrected chi connectivity index (χ3v) is 3.34. The van der Waals surface area contributed by atoms with Crippen LogP contribution in [0.15, 0.2) is 48.5 Å². The Morgan fingerprint density at radius 3 is 2.20 bits per heavy atom. The van der Waals surface area contributed by atoms with Crippen LogP contribution in [0.3, 0.4) is 0 Å². The number of ketones is 1. The summed E-state index contributed by atoms with van der Waals surface area (Å²) in [5.41, 5.74) is 1.70. The molecule has 1 nitrogen and oxygen atoms in total. The van der Waals surface area contributed by atoms with Gasteiger partial charge in [-0.3, -0.25) is 4.79 Å². The van der Waals surface area contributed by atoms with Crippen molar-refractivity contribution in [3.05, 3.63) is 71.3 Å². The van der Waals surface area contributed by atoms with Crippen LogP contribution in [-0.2, 0) is 17.6 Å². The minimum absolute atomic E-state index is 0.0542. The molecule has 0 heterocycles. The lowest BCUT2D eigenvalue weighted by Crippen LogP contribution is -2.17. The molecule has 2 aromatic carbocycles. The number of hydrogen-bond acceptors (Lipinski definition) is 1. The maximum absolute atomic E-state index is 13.2. The molecule has 0 aliphatic rings. The molecular weight excluding hydrogens is 258 g/mol. The van der Waals surface area contributed by atoms with Gasteiger partial charge in [0.1, 0.15) is 17.4 Å². The van der Waals surface area contributed by atoms with Crippen LogP contribution in [-0.4, -0.2) is 5.78 Å². The highest BCUT2D eigenvalue weighted by Gasteiger charge is 2.16. The molecule has 1 unspecified atom stereocenters. The van der Waals surface area contributed by atoms with Crippen molar-refractivity contribution in [2.24, 2.45) is 5.92 Å². The van der Waals surface area contributed by atoms with Gasteiger partial charge in [0.25, 0.3) is 0 Å². The van der Waals surface area contributed by atoms with E-state index in [0.717, 1.165) is 11.1 Å². The normalized spacial score (nSPS) is 12.2. The van der Waals surface area contributed by atoms with Gasteiger partial charge in [0.05, 0.1) is 0 Å². The van der Waals surface area contributed by atoms with E-state index in [1.54, 1.807) is 18.2 Å². The van der Waals surface area contributed by atoms with Gasteiger partial charge in [0.2, 0.25) is 0 Å². The minimum atomic E-state index is -0.299. The zero-order valence-corrected chi connectivity index (χ0v) is 11.3. The van der Waals surface area contributed by atoms with E-state index in [0.29, 0.717) is 12.8 Å². The molecule has 0 aromatic heterocycles. The SMILES string of the molecule is CC(=O)C(Cc1ccc(F)cc1)Cc1cccc(F)c1. The smallest absolute Gasteiger partial charge is 0.133 e. The number of benzene rings is 2. The van der Waals surface area contributed by atoms with Crippen molar-refractivity contribution in [2.45, 2.75) is 19.8 Å². The van der Waals surface area contributed by atoms with Gasteiger partial charge in [0, 0.05) is 5.92 Å². The van der Waals surface area contributed by atoms with E-state index >= 15 is 0 Å². The molecule has 0 spiro atoms. The van der Waals surface area contributed by atoms with Gasteiger partial charge in [-0.05, 0) is 55.2 Å². The Morgan fingerprint density at radius 2 is 1.60 bits per heavy atom. The fraction of sp³-hybridized carbons (Fsp3) is 0.235. The van der Waals surface area contributed by atoms with Crippen molar-refractivity contribution in [2.75, 3.05) is 0 Å². The van der Waals surface area contributed by atoms with E-state index in [1.165, 1.54) is 31.2 Å². The predicted octanol–water partition coefficient (Wildman–Crippen LogP) is 3.96. The fourth-order valence-corrected chi connectivity index (χ4v) is 2.21. The quantitative estimate of drug-likeness (QED) is 0.806. The van der Waals surface area contributed by atoms with Gasteiger partial charge in [-0.15, -0.1) is 0 Å². The second-order valence-corrected chi connectivity index (χ2v) is 4.97. The molecule has 0 amide bonds. The van der Waals surface area contributed by atoms with Gasteiger partial charge in [-0.2, -0.15) is 0 Å². The van der Waals surface area contributed by atoms with E-state index < -0.39 is 0 Å². The average Bonchev–Trinajstić information content (AvgIpc) is 2.40. The molecule has 0 saturated heterocycles. The van der Waals surface area contributed by atoms with Crippen LogP contribution in [0.25, 0.3) is 0 Å². The van der Waals surface area contributed by atoms with Gasteiger partial charge in [0.15, 0.2) is 0 Å². The first-order valence-electron chi connectivity index (χ1n) is 6.54. The first-order chi connectivity index (χ1) is 9.54. The average molecular weight is 274 g/mol. The molecule has 0 bridgehead atoms. The molecule has 1 atom stereocenters. The van der Waals surface area contributed by atoms with Gasteiger partial charge in [-0.25, -0.2) is 8.78 Å².